The van der Waals surface area contributed by atoms with Crippen LogP contribution in [0.5, 0.6) is 0 Å². The summed E-state index contributed by atoms with van der Waals surface area (Å²) >= 11 is 0. The standard InChI is InChI=1S/C35H40N6O4/c1-37(2)28-13-8-24(9-14-28)22-26-6-5-7-30-33(26)36-40(34(30)25-10-15-29(16-11-25)38(3)4)35(42)27-12-17-31(32(23-27)41(43)44)39-18-20-45-21-19-39/h8-17,22-23,30,34H,5-7,18-21H2,1-4H3/b26-22+/t30-,34-/m1/s1. The number of amides is 1. The van der Waals surface area contributed by atoms with Crippen molar-refractivity contribution in [1.82, 2.24) is 5.01 Å². The Bertz CT molecular complexity index is 1620. The molecule has 1 saturated carbocycles. The van der Waals surface area contributed by atoms with Gasteiger partial charge in [-0.2, -0.15) is 5.10 Å². The van der Waals surface area contributed by atoms with Crippen molar-refractivity contribution in [3.8, 4) is 0 Å². The molecule has 1 amide bonds. The van der Waals surface area contributed by atoms with Gasteiger partial charge >= 0.3 is 0 Å². The molecule has 0 spiro atoms. The second-order valence-corrected chi connectivity index (χ2v) is 12.3. The number of carbonyl (C=O) groups is 1. The van der Waals surface area contributed by atoms with Gasteiger partial charge in [0.25, 0.3) is 11.6 Å². The van der Waals surface area contributed by atoms with E-state index in [4.69, 9.17) is 9.84 Å². The summed E-state index contributed by atoms with van der Waals surface area (Å²) in [7, 11) is 8.04. The molecule has 0 radical (unpaired) electrons. The Morgan fingerprint density at radius 2 is 1.60 bits per heavy atom. The normalized spacial score (nSPS) is 20.5. The molecular formula is C35H40N6O4. The molecular weight excluding hydrogens is 568 g/mol. The minimum atomic E-state index is -0.406. The number of hydrazone groups is 1. The van der Waals surface area contributed by atoms with Gasteiger partial charge in [0.05, 0.1) is 29.9 Å². The van der Waals surface area contributed by atoms with E-state index in [1.807, 2.05) is 38.0 Å². The highest BCUT2D eigenvalue weighted by Gasteiger charge is 2.44. The summed E-state index contributed by atoms with van der Waals surface area (Å²) in [6.45, 7) is 2.14. The summed E-state index contributed by atoms with van der Waals surface area (Å²) in [5.41, 5.74) is 7.00. The molecule has 234 valence electrons. The lowest BCUT2D eigenvalue weighted by atomic mass is 9.77. The van der Waals surface area contributed by atoms with Gasteiger partial charge in [-0.25, -0.2) is 5.01 Å². The number of nitro groups is 1. The van der Waals surface area contributed by atoms with Crippen LogP contribution in [0.3, 0.4) is 0 Å². The van der Waals surface area contributed by atoms with Crippen molar-refractivity contribution < 1.29 is 14.5 Å². The molecule has 2 fully saturated rings. The van der Waals surface area contributed by atoms with Crippen molar-refractivity contribution in [1.29, 1.82) is 0 Å². The summed E-state index contributed by atoms with van der Waals surface area (Å²) < 4.78 is 5.44. The Balaban J connectivity index is 1.39. The number of allylic oxidation sites excluding steroid dienone is 1. The third-order valence-electron chi connectivity index (χ3n) is 8.98. The molecule has 0 N–H and O–H groups in total. The van der Waals surface area contributed by atoms with Gasteiger partial charge in [-0.3, -0.25) is 14.9 Å². The largest absolute Gasteiger partial charge is 0.378 e. The average Bonchev–Trinajstić information content (AvgIpc) is 3.45. The van der Waals surface area contributed by atoms with E-state index in [2.05, 4.69) is 59.5 Å². The Labute approximate surface area is 264 Å². The van der Waals surface area contributed by atoms with E-state index in [-0.39, 0.29) is 29.1 Å². The van der Waals surface area contributed by atoms with E-state index in [0.717, 1.165) is 53.0 Å². The van der Waals surface area contributed by atoms with Crippen molar-refractivity contribution in [2.45, 2.75) is 25.3 Å². The summed E-state index contributed by atoms with van der Waals surface area (Å²) in [6, 6.07) is 21.1. The molecule has 0 unspecified atom stereocenters. The van der Waals surface area contributed by atoms with Crippen LogP contribution in [0.1, 0.15) is 46.8 Å². The third kappa shape index (κ3) is 6.15. The first-order valence-corrected chi connectivity index (χ1v) is 15.5. The molecule has 3 aromatic carbocycles. The number of carbonyl (C=O) groups excluding carboxylic acids is 1. The Morgan fingerprint density at radius 1 is 0.956 bits per heavy atom. The minimum Gasteiger partial charge on any atom is -0.378 e. The monoisotopic (exact) mass is 608 g/mol. The number of nitrogens with zero attached hydrogens (tertiary/aromatic N) is 6. The number of nitro benzene ring substituents is 1. The fourth-order valence-electron chi connectivity index (χ4n) is 6.55. The highest BCUT2D eigenvalue weighted by Crippen LogP contribution is 2.45. The highest BCUT2D eigenvalue weighted by atomic mass is 16.6. The fourth-order valence-corrected chi connectivity index (χ4v) is 6.55. The first-order valence-electron chi connectivity index (χ1n) is 15.5. The number of rotatable bonds is 7. The maximum atomic E-state index is 14.3. The maximum absolute atomic E-state index is 14.3. The van der Waals surface area contributed by atoms with Gasteiger partial charge in [-0.1, -0.05) is 24.3 Å². The molecule has 2 heterocycles. The predicted molar refractivity (Wildman–Crippen MR) is 179 cm³/mol. The molecule has 2 aliphatic heterocycles. The number of morpholine rings is 1. The van der Waals surface area contributed by atoms with Gasteiger partial charge in [0.2, 0.25) is 0 Å². The van der Waals surface area contributed by atoms with Crippen LogP contribution in [0.15, 0.2) is 77.4 Å². The van der Waals surface area contributed by atoms with Crippen LogP contribution in [-0.4, -0.2) is 76.0 Å². The smallest absolute Gasteiger partial charge is 0.293 e. The van der Waals surface area contributed by atoms with Gasteiger partial charge in [0.1, 0.15) is 5.69 Å². The molecule has 10 nitrogen and oxygen atoms in total. The van der Waals surface area contributed by atoms with Gasteiger partial charge in [-0.05, 0) is 78.4 Å². The van der Waals surface area contributed by atoms with Crippen molar-refractivity contribution in [3.63, 3.8) is 0 Å². The molecule has 1 aliphatic carbocycles. The van der Waals surface area contributed by atoms with Crippen molar-refractivity contribution in [2.24, 2.45) is 11.0 Å². The highest BCUT2D eigenvalue weighted by molar-refractivity contribution is 6.09. The number of ether oxygens (including phenoxy) is 1. The van der Waals surface area contributed by atoms with Crippen LogP contribution in [0.4, 0.5) is 22.7 Å². The van der Waals surface area contributed by atoms with E-state index in [0.29, 0.717) is 32.0 Å². The SMILES string of the molecule is CN(C)c1ccc(/C=C2\CCC[C@@H]3C2=NN(C(=O)c2ccc(N4CCOCC4)c([N+](=O)[O-])c2)[C@@H]3c2ccc(N(C)C)cc2)cc1. The van der Waals surface area contributed by atoms with Crippen LogP contribution >= 0.6 is 0 Å². The molecule has 3 aromatic rings. The predicted octanol–water partition coefficient (Wildman–Crippen LogP) is 6.00. The van der Waals surface area contributed by atoms with Gasteiger partial charge < -0.3 is 19.4 Å². The lowest BCUT2D eigenvalue weighted by Crippen LogP contribution is -2.36. The molecule has 2 atom stereocenters. The van der Waals surface area contributed by atoms with Gasteiger partial charge in [0, 0.05) is 70.2 Å². The Kier molecular flexibility index (Phi) is 8.58. The van der Waals surface area contributed by atoms with Gasteiger partial charge in [0.15, 0.2) is 0 Å². The molecule has 0 bridgehead atoms. The molecule has 1 saturated heterocycles. The second-order valence-electron chi connectivity index (χ2n) is 12.3. The topological polar surface area (TPSA) is 94.8 Å². The summed E-state index contributed by atoms with van der Waals surface area (Å²) in [6.07, 6.45) is 4.94. The zero-order valence-electron chi connectivity index (χ0n) is 26.3. The summed E-state index contributed by atoms with van der Waals surface area (Å²) in [4.78, 5) is 32.2. The first-order chi connectivity index (χ1) is 21.7. The van der Waals surface area contributed by atoms with Crippen molar-refractivity contribution >= 4 is 40.4 Å². The molecule has 45 heavy (non-hydrogen) atoms. The van der Waals surface area contributed by atoms with E-state index in [9.17, 15) is 14.9 Å². The van der Waals surface area contributed by atoms with E-state index in [1.54, 1.807) is 17.1 Å². The fraction of sp³-hybridized carbons (Fsp3) is 0.371. The number of hydrogen-bond donors (Lipinski definition) is 0. The maximum Gasteiger partial charge on any atom is 0.293 e. The number of benzene rings is 3. The van der Waals surface area contributed by atoms with Crippen LogP contribution < -0.4 is 14.7 Å². The Hall–Kier alpha value is -4.70. The second kappa shape index (κ2) is 12.7. The van der Waals surface area contributed by atoms with E-state index >= 15 is 0 Å². The lowest BCUT2D eigenvalue weighted by Gasteiger charge is -2.30. The zero-order chi connectivity index (χ0) is 31.7. The average molecular weight is 609 g/mol. The Morgan fingerprint density at radius 3 is 2.22 bits per heavy atom. The number of anilines is 3. The first kappa shape index (κ1) is 30.3. The van der Waals surface area contributed by atoms with Crippen LogP contribution in [-0.2, 0) is 4.74 Å². The van der Waals surface area contributed by atoms with Crippen LogP contribution in [0, 0.1) is 16.0 Å². The third-order valence-corrected chi connectivity index (χ3v) is 8.98. The summed E-state index contributed by atoms with van der Waals surface area (Å²) in [5.74, 6) is -0.326. The van der Waals surface area contributed by atoms with Crippen LogP contribution in [0.2, 0.25) is 0 Å². The molecule has 0 aromatic heterocycles. The zero-order valence-corrected chi connectivity index (χ0v) is 26.3. The van der Waals surface area contributed by atoms with E-state index in [1.165, 1.54) is 6.07 Å². The lowest BCUT2D eigenvalue weighted by molar-refractivity contribution is -0.384. The number of hydrogen-bond acceptors (Lipinski definition) is 8. The quantitative estimate of drug-likeness (QED) is 0.240. The van der Waals surface area contributed by atoms with Crippen molar-refractivity contribution in [2.75, 3.05) is 69.2 Å². The van der Waals surface area contributed by atoms with Crippen molar-refractivity contribution in [3.05, 3.63) is 99.1 Å². The summed E-state index contributed by atoms with van der Waals surface area (Å²) in [5, 5.41) is 18.8. The van der Waals surface area contributed by atoms with Gasteiger partial charge in [-0.15, -0.1) is 0 Å². The molecule has 10 heteroatoms. The van der Waals surface area contributed by atoms with E-state index < -0.39 is 4.92 Å². The molecule has 6 rings (SSSR count). The minimum absolute atomic E-state index is 0.0165. The number of fused-ring (bicyclic) bond motifs is 1. The molecule has 3 aliphatic rings. The van der Waals surface area contributed by atoms with Crippen LogP contribution in [0.25, 0.3) is 6.08 Å².